The summed E-state index contributed by atoms with van der Waals surface area (Å²) >= 11 is 0. The Balaban J connectivity index is 4.78. The van der Waals surface area contributed by atoms with Crippen molar-refractivity contribution in [2.75, 3.05) is 6.61 Å². The van der Waals surface area contributed by atoms with Crippen LogP contribution in [0.1, 0.15) is 175 Å². The van der Waals surface area contributed by atoms with E-state index in [4.69, 9.17) is 4.74 Å². The van der Waals surface area contributed by atoms with Gasteiger partial charge >= 0.3 is 5.97 Å². The van der Waals surface area contributed by atoms with Crippen LogP contribution in [0.15, 0.2) is 109 Å². The quantitative estimate of drug-likeness (QED) is 0.0329. The van der Waals surface area contributed by atoms with Gasteiger partial charge in [0.2, 0.25) is 5.91 Å². The molecular formula is C51H83NO5. The van der Waals surface area contributed by atoms with Crippen LogP contribution in [0.4, 0.5) is 0 Å². The fourth-order valence-corrected chi connectivity index (χ4v) is 6.17. The smallest absolute Gasteiger partial charge is 0.306 e. The van der Waals surface area contributed by atoms with Crippen molar-refractivity contribution in [1.82, 2.24) is 5.32 Å². The molecule has 0 bridgehead atoms. The van der Waals surface area contributed by atoms with E-state index in [2.05, 4.69) is 56.5 Å². The SMILES string of the molecule is CC/C=C/C=C/C=C\C=C/C=C/CC(CC(=O)NC(CO)C(O)CCCCCCCCCCCCCC)OC(=O)CCCCCCC\C=C/C=C/C=C/C=C/CC. The first-order chi connectivity index (χ1) is 28.0. The largest absolute Gasteiger partial charge is 0.461 e. The molecule has 0 aromatic heterocycles. The van der Waals surface area contributed by atoms with Crippen LogP contribution in [-0.4, -0.2) is 46.9 Å². The fraction of sp³-hybridized carbons (Fsp3) is 0.608. The maximum absolute atomic E-state index is 13.1. The summed E-state index contributed by atoms with van der Waals surface area (Å²) in [7, 11) is 0. The summed E-state index contributed by atoms with van der Waals surface area (Å²) in [6, 6.07) is -0.750. The first-order valence-corrected chi connectivity index (χ1v) is 22.7. The average Bonchev–Trinajstić information content (AvgIpc) is 3.20. The molecule has 0 aliphatic rings. The third-order valence-electron chi connectivity index (χ3n) is 9.57. The molecule has 0 fully saturated rings. The number of nitrogens with one attached hydrogen (secondary N) is 1. The summed E-state index contributed by atoms with van der Waals surface area (Å²) in [6.07, 6.45) is 58.8. The number of esters is 1. The van der Waals surface area contributed by atoms with Crippen LogP contribution < -0.4 is 5.32 Å². The van der Waals surface area contributed by atoms with Gasteiger partial charge in [-0.15, -0.1) is 0 Å². The van der Waals surface area contributed by atoms with Crippen molar-refractivity contribution in [3.63, 3.8) is 0 Å². The van der Waals surface area contributed by atoms with Gasteiger partial charge in [-0.3, -0.25) is 9.59 Å². The normalized spacial score (nSPS) is 14.4. The molecule has 1 amide bonds. The Morgan fingerprint density at radius 1 is 0.544 bits per heavy atom. The Morgan fingerprint density at radius 2 is 0.982 bits per heavy atom. The minimum absolute atomic E-state index is 0.0352. The second-order valence-corrected chi connectivity index (χ2v) is 14.9. The molecule has 3 atom stereocenters. The van der Waals surface area contributed by atoms with E-state index >= 15 is 0 Å². The first-order valence-electron chi connectivity index (χ1n) is 22.7. The zero-order chi connectivity index (χ0) is 41.7. The molecule has 0 aliphatic heterocycles. The van der Waals surface area contributed by atoms with Gasteiger partial charge in [-0.2, -0.15) is 0 Å². The number of allylic oxidation sites excluding steroid dienone is 17. The molecular weight excluding hydrogens is 707 g/mol. The molecule has 3 unspecified atom stereocenters. The van der Waals surface area contributed by atoms with E-state index in [9.17, 15) is 19.8 Å². The number of rotatable bonds is 38. The predicted octanol–water partition coefficient (Wildman–Crippen LogP) is 13.2. The summed E-state index contributed by atoms with van der Waals surface area (Å²) in [5.41, 5.74) is 0. The van der Waals surface area contributed by atoms with Gasteiger partial charge in [0.15, 0.2) is 0 Å². The molecule has 0 spiro atoms. The summed E-state index contributed by atoms with van der Waals surface area (Å²) < 4.78 is 5.80. The van der Waals surface area contributed by atoms with Gasteiger partial charge in [-0.25, -0.2) is 0 Å². The van der Waals surface area contributed by atoms with E-state index in [0.29, 0.717) is 19.3 Å². The number of ether oxygens (including phenoxy) is 1. The standard InChI is InChI=1S/C51H83NO5/c1-4-7-10-13-16-19-22-24-25-26-29-32-35-38-41-44-51(56)57-47(42-39-36-33-30-27-21-18-15-12-9-6-3)45-50(55)52-48(46-53)49(54)43-40-37-34-31-28-23-20-17-14-11-8-5-2/h7,9-10,12-13,15-16,18-19,21-22,24-25,27,30,33,36,39,47-49,53-54H,4-6,8,11,14,17,20,23,26,28-29,31-32,34-35,37-38,40-46H2,1-3H3,(H,52,55)/b10-7+,12-9+,16-13+,18-15+,22-19+,25-24-,27-21-,33-30-,39-36+. The van der Waals surface area contributed by atoms with Crippen LogP contribution in [-0.2, 0) is 14.3 Å². The molecule has 0 radical (unpaired) electrons. The Hall–Kier alpha value is -3.48. The molecule has 0 aromatic carbocycles. The highest BCUT2D eigenvalue weighted by Crippen LogP contribution is 2.15. The first kappa shape index (κ1) is 53.5. The van der Waals surface area contributed by atoms with Gasteiger partial charge in [0.25, 0.3) is 0 Å². The van der Waals surface area contributed by atoms with Crippen molar-refractivity contribution in [3.05, 3.63) is 109 Å². The molecule has 0 heterocycles. The number of carbonyl (C=O) groups is 2. The molecule has 3 N–H and O–H groups in total. The lowest BCUT2D eigenvalue weighted by atomic mass is 10.0. The monoisotopic (exact) mass is 790 g/mol. The summed E-state index contributed by atoms with van der Waals surface area (Å²) in [6.45, 7) is 6.12. The van der Waals surface area contributed by atoms with Gasteiger partial charge in [0, 0.05) is 12.8 Å². The van der Waals surface area contributed by atoms with E-state index in [1.54, 1.807) is 0 Å². The maximum Gasteiger partial charge on any atom is 0.306 e. The molecule has 0 aromatic rings. The molecule has 0 aliphatic carbocycles. The fourth-order valence-electron chi connectivity index (χ4n) is 6.17. The number of unbranched alkanes of at least 4 members (excludes halogenated alkanes) is 16. The number of carbonyl (C=O) groups excluding carboxylic acids is 2. The van der Waals surface area contributed by atoms with Crippen molar-refractivity contribution in [2.45, 2.75) is 193 Å². The molecule has 322 valence electrons. The third kappa shape index (κ3) is 39.1. The molecule has 6 nitrogen and oxygen atoms in total. The second-order valence-electron chi connectivity index (χ2n) is 14.9. The minimum Gasteiger partial charge on any atom is -0.461 e. The van der Waals surface area contributed by atoms with Crippen LogP contribution in [0.5, 0.6) is 0 Å². The number of aliphatic hydroxyl groups is 2. The van der Waals surface area contributed by atoms with Crippen molar-refractivity contribution in [3.8, 4) is 0 Å². The molecule has 0 saturated carbocycles. The summed E-state index contributed by atoms with van der Waals surface area (Å²) in [4.78, 5) is 25.9. The lowest BCUT2D eigenvalue weighted by molar-refractivity contribution is -0.150. The van der Waals surface area contributed by atoms with Crippen LogP contribution >= 0.6 is 0 Å². The van der Waals surface area contributed by atoms with Gasteiger partial charge in [-0.05, 0) is 38.5 Å². The lowest BCUT2D eigenvalue weighted by Gasteiger charge is -2.24. The predicted molar refractivity (Wildman–Crippen MR) is 245 cm³/mol. The van der Waals surface area contributed by atoms with Crippen molar-refractivity contribution in [2.24, 2.45) is 0 Å². The Bertz CT molecular complexity index is 1200. The zero-order valence-corrected chi connectivity index (χ0v) is 36.4. The van der Waals surface area contributed by atoms with Crippen LogP contribution in [0.3, 0.4) is 0 Å². The van der Waals surface area contributed by atoms with Crippen molar-refractivity contribution < 1.29 is 24.5 Å². The highest BCUT2D eigenvalue weighted by atomic mass is 16.5. The van der Waals surface area contributed by atoms with Gasteiger partial charge in [-0.1, -0.05) is 226 Å². The molecule has 6 heteroatoms. The molecule has 0 saturated heterocycles. The van der Waals surface area contributed by atoms with Crippen molar-refractivity contribution >= 4 is 11.9 Å². The highest BCUT2D eigenvalue weighted by Gasteiger charge is 2.23. The highest BCUT2D eigenvalue weighted by molar-refractivity contribution is 5.77. The number of hydrogen-bond donors (Lipinski definition) is 3. The number of hydrogen-bond acceptors (Lipinski definition) is 5. The molecule has 57 heavy (non-hydrogen) atoms. The van der Waals surface area contributed by atoms with E-state index < -0.39 is 18.2 Å². The van der Waals surface area contributed by atoms with E-state index in [0.717, 1.165) is 70.6 Å². The van der Waals surface area contributed by atoms with Gasteiger partial charge in [0.1, 0.15) is 6.10 Å². The third-order valence-corrected chi connectivity index (χ3v) is 9.57. The second kappa shape index (κ2) is 43.6. The van der Waals surface area contributed by atoms with Crippen molar-refractivity contribution in [1.29, 1.82) is 0 Å². The average molecular weight is 790 g/mol. The lowest BCUT2D eigenvalue weighted by Crippen LogP contribution is -2.46. The number of amides is 1. The molecule has 0 rings (SSSR count). The topological polar surface area (TPSA) is 95.9 Å². The summed E-state index contributed by atoms with van der Waals surface area (Å²) in [5, 5.41) is 23.6. The van der Waals surface area contributed by atoms with Crippen LogP contribution in [0, 0.1) is 0 Å². The van der Waals surface area contributed by atoms with E-state index in [-0.39, 0.29) is 24.9 Å². The minimum atomic E-state index is -0.827. The zero-order valence-electron chi connectivity index (χ0n) is 36.4. The summed E-state index contributed by atoms with van der Waals surface area (Å²) in [5.74, 6) is -0.648. The van der Waals surface area contributed by atoms with Crippen LogP contribution in [0.2, 0.25) is 0 Å². The van der Waals surface area contributed by atoms with E-state index in [1.807, 2.05) is 79.0 Å². The van der Waals surface area contributed by atoms with E-state index in [1.165, 1.54) is 57.8 Å². The Morgan fingerprint density at radius 3 is 1.49 bits per heavy atom. The van der Waals surface area contributed by atoms with Gasteiger partial charge in [0.05, 0.1) is 25.2 Å². The Kier molecular flexibility index (Phi) is 41.0. The van der Waals surface area contributed by atoms with Gasteiger partial charge < -0.3 is 20.3 Å². The van der Waals surface area contributed by atoms with Crippen LogP contribution in [0.25, 0.3) is 0 Å². The number of aliphatic hydroxyl groups excluding tert-OH is 2. The Labute approximate surface area is 349 Å². The maximum atomic E-state index is 13.1.